The number of unbranched alkanes of at least 4 members (excludes halogenated alkanes) is 1. The molecule has 0 saturated carbocycles. The van der Waals surface area contributed by atoms with E-state index in [0.717, 1.165) is 25.1 Å². The van der Waals surface area contributed by atoms with Gasteiger partial charge < -0.3 is 4.74 Å². The van der Waals surface area contributed by atoms with Gasteiger partial charge in [-0.15, -0.1) is 11.6 Å². The first kappa shape index (κ1) is 13.2. The molecule has 0 fully saturated rings. The van der Waals surface area contributed by atoms with Crippen LogP contribution in [0, 0.1) is 0 Å². The Balaban J connectivity index is 3.80. The van der Waals surface area contributed by atoms with E-state index in [-0.39, 0.29) is 11.2 Å². The number of rotatable bonds is 5. The smallest absolute Gasteiger partial charge is 0.0633 e. The molecular weight excluding hydrogens is 184 g/mol. The van der Waals surface area contributed by atoms with E-state index >= 15 is 0 Å². The molecule has 13 heavy (non-hydrogen) atoms. The van der Waals surface area contributed by atoms with Crippen LogP contribution in [0.4, 0.5) is 0 Å². The number of ether oxygens (including phenoxy) is 1. The van der Waals surface area contributed by atoms with Crippen LogP contribution in [0.2, 0.25) is 0 Å². The zero-order chi connectivity index (χ0) is 10.5. The Hall–Kier alpha value is 0.250. The summed E-state index contributed by atoms with van der Waals surface area (Å²) in [6, 6.07) is 0. The normalized spacial score (nSPS) is 13.4. The molecule has 0 aromatic rings. The van der Waals surface area contributed by atoms with Crippen LogP contribution in [0.25, 0.3) is 0 Å². The third kappa shape index (κ3) is 8.58. The molecule has 0 atom stereocenters. The van der Waals surface area contributed by atoms with Crippen molar-refractivity contribution >= 4 is 11.6 Å². The minimum Gasteiger partial charge on any atom is -0.370 e. The molecule has 0 aliphatic heterocycles. The zero-order valence-corrected chi connectivity index (χ0v) is 10.4. The average Bonchev–Trinajstić information content (AvgIpc) is 1.81. The molecule has 0 aromatic heterocycles. The Morgan fingerprint density at radius 2 is 1.54 bits per heavy atom. The van der Waals surface area contributed by atoms with Crippen molar-refractivity contribution < 1.29 is 4.74 Å². The first-order chi connectivity index (χ1) is 5.77. The fourth-order valence-corrected chi connectivity index (χ4v) is 1.71. The van der Waals surface area contributed by atoms with Gasteiger partial charge in [-0.1, -0.05) is 0 Å². The van der Waals surface area contributed by atoms with Gasteiger partial charge in [0.2, 0.25) is 0 Å². The number of hydrogen-bond donors (Lipinski definition) is 0. The lowest BCUT2D eigenvalue weighted by Crippen LogP contribution is -2.34. The van der Waals surface area contributed by atoms with Crippen molar-refractivity contribution in [2.24, 2.45) is 0 Å². The summed E-state index contributed by atoms with van der Waals surface area (Å²) < 4.78 is 5.93. The Kier molecular flexibility index (Phi) is 5.31. The molecule has 0 aliphatic carbocycles. The van der Waals surface area contributed by atoms with Crippen LogP contribution in [-0.4, -0.2) is 17.1 Å². The molecule has 0 spiro atoms. The van der Waals surface area contributed by atoms with Crippen molar-refractivity contribution in [3.05, 3.63) is 0 Å². The third-order valence-corrected chi connectivity index (χ3v) is 2.01. The molecule has 80 valence electrons. The molecule has 0 rings (SSSR count). The highest BCUT2D eigenvalue weighted by atomic mass is 35.5. The lowest BCUT2D eigenvalue weighted by molar-refractivity contribution is -0.116. The van der Waals surface area contributed by atoms with Gasteiger partial charge in [0.05, 0.1) is 11.2 Å². The summed E-state index contributed by atoms with van der Waals surface area (Å²) in [5.74, 6) is 0.756. The summed E-state index contributed by atoms with van der Waals surface area (Å²) in [4.78, 5) is 0. The van der Waals surface area contributed by atoms with Gasteiger partial charge in [0.15, 0.2) is 0 Å². The summed E-state index contributed by atoms with van der Waals surface area (Å²) in [6.07, 6.45) is 3.31. The van der Waals surface area contributed by atoms with Gasteiger partial charge in [0.1, 0.15) is 0 Å². The van der Waals surface area contributed by atoms with Crippen LogP contribution in [-0.2, 0) is 4.74 Å². The third-order valence-electron chi connectivity index (χ3n) is 1.74. The number of hydrogen-bond acceptors (Lipinski definition) is 1. The minimum atomic E-state index is -0.0511. The van der Waals surface area contributed by atoms with Crippen molar-refractivity contribution in [1.82, 2.24) is 0 Å². The van der Waals surface area contributed by atoms with Crippen LogP contribution in [0.1, 0.15) is 53.9 Å². The van der Waals surface area contributed by atoms with E-state index in [2.05, 4.69) is 34.6 Å². The number of alkyl halides is 1. The monoisotopic (exact) mass is 206 g/mol. The van der Waals surface area contributed by atoms with E-state index in [1.807, 2.05) is 0 Å². The summed E-state index contributed by atoms with van der Waals surface area (Å²) in [6.45, 7) is 10.6. The second kappa shape index (κ2) is 5.21. The molecule has 0 radical (unpaired) electrons. The minimum absolute atomic E-state index is 0.0235. The van der Waals surface area contributed by atoms with Crippen LogP contribution >= 0.6 is 11.6 Å². The molecule has 0 heterocycles. The fraction of sp³-hybridized carbons (Fsp3) is 1.00. The SMILES string of the molecule is CC(C)(C)OC(C)(C)CCCCCl. The highest BCUT2D eigenvalue weighted by Crippen LogP contribution is 2.24. The van der Waals surface area contributed by atoms with Gasteiger partial charge in [-0.3, -0.25) is 0 Å². The molecule has 0 aromatic carbocycles. The van der Waals surface area contributed by atoms with Crippen LogP contribution in [0.3, 0.4) is 0 Å². The standard InChI is InChI=1S/C11H23ClO/c1-10(2,3)13-11(4,5)8-6-7-9-12/h6-9H2,1-5H3. The topological polar surface area (TPSA) is 9.23 Å². The Morgan fingerprint density at radius 3 is 1.92 bits per heavy atom. The number of halogens is 1. The molecule has 0 saturated heterocycles. The maximum absolute atomic E-state index is 5.93. The first-order valence-corrected chi connectivity index (χ1v) is 5.56. The van der Waals surface area contributed by atoms with Crippen molar-refractivity contribution in [2.45, 2.75) is 65.1 Å². The lowest BCUT2D eigenvalue weighted by Gasteiger charge is -2.33. The summed E-state index contributed by atoms with van der Waals surface area (Å²) in [5.41, 5.74) is -0.0746. The van der Waals surface area contributed by atoms with Gasteiger partial charge in [-0.2, -0.15) is 0 Å². The van der Waals surface area contributed by atoms with E-state index in [1.165, 1.54) is 0 Å². The molecule has 0 unspecified atom stereocenters. The summed E-state index contributed by atoms with van der Waals surface area (Å²) in [7, 11) is 0. The maximum Gasteiger partial charge on any atom is 0.0633 e. The van der Waals surface area contributed by atoms with Crippen molar-refractivity contribution in [3.63, 3.8) is 0 Å². The molecule has 0 bridgehead atoms. The van der Waals surface area contributed by atoms with E-state index in [9.17, 15) is 0 Å². The van der Waals surface area contributed by atoms with E-state index in [0.29, 0.717) is 0 Å². The quantitative estimate of drug-likeness (QED) is 0.488. The zero-order valence-electron chi connectivity index (χ0n) is 9.61. The van der Waals surface area contributed by atoms with Crippen LogP contribution in [0.5, 0.6) is 0 Å². The summed E-state index contributed by atoms with van der Waals surface area (Å²) >= 11 is 5.62. The second-order valence-corrected chi connectivity index (χ2v) is 5.50. The fourth-order valence-electron chi connectivity index (χ4n) is 1.53. The van der Waals surface area contributed by atoms with Crippen molar-refractivity contribution in [3.8, 4) is 0 Å². The Labute approximate surface area is 87.8 Å². The van der Waals surface area contributed by atoms with Gasteiger partial charge in [-0.05, 0) is 53.9 Å². The van der Waals surface area contributed by atoms with Crippen molar-refractivity contribution in [2.75, 3.05) is 5.88 Å². The second-order valence-electron chi connectivity index (χ2n) is 5.12. The van der Waals surface area contributed by atoms with E-state index < -0.39 is 0 Å². The molecule has 0 aliphatic rings. The molecule has 1 nitrogen and oxygen atoms in total. The largest absolute Gasteiger partial charge is 0.370 e. The average molecular weight is 207 g/mol. The van der Waals surface area contributed by atoms with Crippen molar-refractivity contribution in [1.29, 1.82) is 0 Å². The first-order valence-electron chi connectivity index (χ1n) is 5.03. The highest BCUT2D eigenvalue weighted by molar-refractivity contribution is 6.17. The van der Waals surface area contributed by atoms with Gasteiger partial charge in [0, 0.05) is 5.88 Å². The molecule has 2 heteroatoms. The summed E-state index contributed by atoms with van der Waals surface area (Å²) in [5, 5.41) is 0. The van der Waals surface area contributed by atoms with Gasteiger partial charge in [0.25, 0.3) is 0 Å². The van der Waals surface area contributed by atoms with Gasteiger partial charge >= 0.3 is 0 Å². The predicted octanol–water partition coefficient (Wildman–Crippen LogP) is 3.99. The Bertz CT molecular complexity index is 136. The predicted molar refractivity (Wildman–Crippen MR) is 59.5 cm³/mol. The van der Waals surface area contributed by atoms with Crippen LogP contribution < -0.4 is 0 Å². The maximum atomic E-state index is 5.93. The Morgan fingerprint density at radius 1 is 1.00 bits per heavy atom. The van der Waals surface area contributed by atoms with Crippen LogP contribution in [0.15, 0.2) is 0 Å². The highest BCUT2D eigenvalue weighted by Gasteiger charge is 2.24. The van der Waals surface area contributed by atoms with E-state index in [1.54, 1.807) is 0 Å². The van der Waals surface area contributed by atoms with Gasteiger partial charge in [-0.25, -0.2) is 0 Å². The molecule has 0 amide bonds. The molecule has 0 N–H and O–H groups in total. The molecular formula is C11H23ClO. The van der Waals surface area contributed by atoms with E-state index in [4.69, 9.17) is 16.3 Å². The lowest BCUT2D eigenvalue weighted by atomic mass is 10.00.